The number of nitrogens with one attached hydrogen (secondary N) is 1. The topological polar surface area (TPSA) is 91.5 Å². The third-order valence-electron chi connectivity index (χ3n) is 5.31. The first-order valence-corrected chi connectivity index (χ1v) is 8.85. The summed E-state index contributed by atoms with van der Waals surface area (Å²) in [6, 6.07) is 3.93. The number of hydrogen-bond acceptors (Lipinski definition) is 5. The normalized spacial score (nSPS) is 20.6. The van der Waals surface area contributed by atoms with Gasteiger partial charge in [0.1, 0.15) is 5.52 Å². The van der Waals surface area contributed by atoms with Crippen LogP contribution in [0.25, 0.3) is 11.5 Å². The van der Waals surface area contributed by atoms with Crippen LogP contribution in [0.1, 0.15) is 23.2 Å². The molecule has 5 rings (SSSR count). The number of nitrogens with zero attached hydrogens (tertiary/aromatic N) is 6. The van der Waals surface area contributed by atoms with Crippen molar-refractivity contribution >= 4 is 11.4 Å². The molecule has 0 aromatic carbocycles. The average Bonchev–Trinajstić information content (AvgIpc) is 3.39. The number of piperazine rings is 1. The highest BCUT2D eigenvalue weighted by Gasteiger charge is 2.33. The van der Waals surface area contributed by atoms with Crippen LogP contribution in [-0.4, -0.2) is 72.3 Å². The van der Waals surface area contributed by atoms with Gasteiger partial charge in [0.2, 0.25) is 5.95 Å². The summed E-state index contributed by atoms with van der Waals surface area (Å²) < 4.78 is 2.93. The lowest BCUT2D eigenvalue weighted by molar-refractivity contribution is 0.0571. The Hall–Kier alpha value is -2.94. The van der Waals surface area contributed by atoms with E-state index in [-0.39, 0.29) is 17.4 Å². The van der Waals surface area contributed by atoms with Gasteiger partial charge in [-0.05, 0) is 31.5 Å². The van der Waals surface area contributed by atoms with Gasteiger partial charge in [0.05, 0.1) is 11.8 Å². The van der Waals surface area contributed by atoms with Crippen molar-refractivity contribution in [1.29, 1.82) is 0 Å². The maximum absolute atomic E-state index is 12.8. The third-order valence-corrected chi connectivity index (χ3v) is 5.31. The van der Waals surface area contributed by atoms with Gasteiger partial charge >= 0.3 is 0 Å². The molecular formula is C17H19N7O2. The second-order valence-electron chi connectivity index (χ2n) is 6.87. The predicted molar refractivity (Wildman–Crippen MR) is 93.4 cm³/mol. The number of H-pyrrole nitrogens is 1. The fraction of sp³-hybridized carbons (Fsp3) is 0.412. The van der Waals surface area contributed by atoms with Crippen LogP contribution in [0.15, 0.2) is 35.5 Å². The second-order valence-corrected chi connectivity index (χ2v) is 6.87. The highest BCUT2D eigenvalue weighted by molar-refractivity contribution is 5.93. The van der Waals surface area contributed by atoms with Crippen LogP contribution in [-0.2, 0) is 0 Å². The Labute approximate surface area is 148 Å². The predicted octanol–water partition coefficient (Wildman–Crippen LogP) is 0.128. The van der Waals surface area contributed by atoms with E-state index in [9.17, 15) is 9.59 Å². The van der Waals surface area contributed by atoms with Gasteiger partial charge in [0.25, 0.3) is 11.5 Å². The largest absolute Gasteiger partial charge is 0.336 e. The second kappa shape index (κ2) is 5.80. The Morgan fingerprint density at radius 3 is 3.12 bits per heavy atom. The minimum Gasteiger partial charge on any atom is -0.336 e. The molecule has 5 heterocycles. The number of carbonyl (C=O) groups is 1. The molecule has 2 aliphatic rings. The molecule has 3 aromatic rings. The van der Waals surface area contributed by atoms with Crippen LogP contribution >= 0.6 is 0 Å². The van der Waals surface area contributed by atoms with Gasteiger partial charge in [0.15, 0.2) is 0 Å². The van der Waals surface area contributed by atoms with E-state index in [1.165, 1.54) is 21.8 Å². The van der Waals surface area contributed by atoms with Crippen molar-refractivity contribution < 1.29 is 4.79 Å². The summed E-state index contributed by atoms with van der Waals surface area (Å²) in [6.45, 7) is 3.59. The summed E-state index contributed by atoms with van der Waals surface area (Å²) in [5.41, 5.74) is 0.721. The molecule has 2 fully saturated rings. The summed E-state index contributed by atoms with van der Waals surface area (Å²) in [5, 5.41) is 8.54. The van der Waals surface area contributed by atoms with Crippen molar-refractivity contribution in [2.75, 3.05) is 26.2 Å². The Bertz CT molecular complexity index is 1030. The van der Waals surface area contributed by atoms with Crippen molar-refractivity contribution in [3.8, 4) is 5.95 Å². The molecule has 1 N–H and O–H groups in total. The van der Waals surface area contributed by atoms with E-state index in [1.807, 2.05) is 4.90 Å². The maximum atomic E-state index is 12.8. The van der Waals surface area contributed by atoms with Gasteiger partial charge < -0.3 is 4.90 Å². The molecule has 0 aliphatic carbocycles. The van der Waals surface area contributed by atoms with Gasteiger partial charge in [-0.1, -0.05) is 0 Å². The first-order valence-electron chi connectivity index (χ1n) is 8.85. The van der Waals surface area contributed by atoms with E-state index in [2.05, 4.69) is 20.1 Å². The molecule has 1 amide bonds. The number of rotatable bonds is 2. The van der Waals surface area contributed by atoms with Crippen LogP contribution in [0, 0.1) is 0 Å². The quantitative estimate of drug-likeness (QED) is 0.707. The van der Waals surface area contributed by atoms with Crippen LogP contribution in [0.5, 0.6) is 0 Å². The molecule has 26 heavy (non-hydrogen) atoms. The summed E-state index contributed by atoms with van der Waals surface area (Å²) in [7, 11) is 0. The van der Waals surface area contributed by atoms with Gasteiger partial charge in [-0.3, -0.25) is 19.5 Å². The minimum atomic E-state index is -0.249. The Morgan fingerprint density at radius 2 is 2.19 bits per heavy atom. The van der Waals surface area contributed by atoms with E-state index < -0.39 is 0 Å². The van der Waals surface area contributed by atoms with Gasteiger partial charge in [-0.2, -0.15) is 5.10 Å². The molecule has 2 saturated heterocycles. The molecule has 134 valence electrons. The Balaban J connectivity index is 1.40. The molecule has 1 atom stereocenters. The third kappa shape index (κ3) is 2.43. The van der Waals surface area contributed by atoms with Crippen molar-refractivity contribution in [3.05, 3.63) is 46.6 Å². The van der Waals surface area contributed by atoms with Gasteiger partial charge in [-0.15, -0.1) is 5.10 Å². The van der Waals surface area contributed by atoms with Crippen LogP contribution < -0.4 is 5.56 Å². The van der Waals surface area contributed by atoms with E-state index in [0.717, 1.165) is 32.6 Å². The minimum absolute atomic E-state index is 0.0211. The zero-order valence-electron chi connectivity index (χ0n) is 14.2. The highest BCUT2D eigenvalue weighted by atomic mass is 16.2. The lowest BCUT2D eigenvalue weighted by atomic mass is 10.1. The van der Waals surface area contributed by atoms with Crippen LogP contribution in [0.3, 0.4) is 0 Å². The van der Waals surface area contributed by atoms with Crippen molar-refractivity contribution in [2.24, 2.45) is 0 Å². The van der Waals surface area contributed by atoms with E-state index >= 15 is 0 Å². The van der Waals surface area contributed by atoms with Crippen molar-refractivity contribution in [1.82, 2.24) is 34.2 Å². The van der Waals surface area contributed by atoms with Crippen molar-refractivity contribution in [3.63, 3.8) is 0 Å². The molecule has 0 spiro atoms. The summed E-state index contributed by atoms with van der Waals surface area (Å²) in [5.74, 6) is 0.255. The van der Waals surface area contributed by atoms with Crippen LogP contribution in [0.2, 0.25) is 0 Å². The zero-order valence-corrected chi connectivity index (χ0v) is 14.2. The SMILES string of the molecule is O=C(c1cnn(-c2nn3cccc3c(=O)[nH]2)c1)N1CCN2CCC[C@@H]2C1. The van der Waals surface area contributed by atoms with Crippen LogP contribution in [0.4, 0.5) is 0 Å². The number of aromatic nitrogens is 5. The molecule has 0 unspecified atom stereocenters. The fourth-order valence-electron chi connectivity index (χ4n) is 3.94. The first-order chi connectivity index (χ1) is 12.7. The smallest absolute Gasteiger partial charge is 0.276 e. The van der Waals surface area contributed by atoms with Crippen molar-refractivity contribution in [2.45, 2.75) is 18.9 Å². The number of aromatic amines is 1. The standard InChI is InChI=1S/C17H19N7O2/c25-15-14-4-2-6-23(14)20-17(19-15)24-10-12(9-18-24)16(26)22-8-7-21-5-1-3-13(21)11-22/h2,4,6,9-10,13H,1,3,5,7-8,11H2,(H,19,20,25)/t13-/m1/s1. The summed E-state index contributed by atoms with van der Waals surface area (Å²) in [4.78, 5) is 32.0. The monoisotopic (exact) mass is 353 g/mol. The average molecular weight is 353 g/mol. The first kappa shape index (κ1) is 15.3. The maximum Gasteiger partial charge on any atom is 0.276 e. The molecule has 0 saturated carbocycles. The summed E-state index contributed by atoms with van der Waals surface area (Å²) in [6.07, 6.45) is 7.22. The molecule has 0 radical (unpaired) electrons. The lowest BCUT2D eigenvalue weighted by Gasteiger charge is -2.37. The summed E-state index contributed by atoms with van der Waals surface area (Å²) >= 11 is 0. The fourth-order valence-corrected chi connectivity index (χ4v) is 3.94. The lowest BCUT2D eigenvalue weighted by Crippen LogP contribution is -2.52. The number of amides is 1. The molecule has 9 heteroatoms. The Morgan fingerprint density at radius 1 is 1.27 bits per heavy atom. The molecule has 0 bridgehead atoms. The zero-order chi connectivity index (χ0) is 17.7. The van der Waals surface area contributed by atoms with E-state index in [1.54, 1.807) is 24.5 Å². The van der Waals surface area contributed by atoms with E-state index in [0.29, 0.717) is 17.1 Å². The Kier molecular flexibility index (Phi) is 3.42. The molecule has 3 aromatic heterocycles. The molecule has 2 aliphatic heterocycles. The number of fused-ring (bicyclic) bond motifs is 2. The van der Waals surface area contributed by atoms with Gasteiger partial charge in [-0.25, -0.2) is 9.20 Å². The molecular weight excluding hydrogens is 334 g/mol. The van der Waals surface area contributed by atoms with E-state index in [4.69, 9.17) is 0 Å². The van der Waals surface area contributed by atoms with Gasteiger partial charge in [0, 0.05) is 38.1 Å². The highest BCUT2D eigenvalue weighted by Crippen LogP contribution is 2.22. The number of hydrogen-bond donors (Lipinski definition) is 1. The molecule has 9 nitrogen and oxygen atoms in total. The number of carbonyl (C=O) groups excluding carboxylic acids is 1.